The van der Waals surface area contributed by atoms with Gasteiger partial charge in [-0.25, -0.2) is 4.39 Å². The van der Waals surface area contributed by atoms with Gasteiger partial charge in [-0.2, -0.15) is 13.2 Å². The summed E-state index contributed by atoms with van der Waals surface area (Å²) in [6.07, 6.45) is 0. The fraction of sp³-hybridized carbons (Fsp3) is 0. The highest BCUT2D eigenvalue weighted by molar-refractivity contribution is 7.89. The van der Waals surface area contributed by atoms with Crippen molar-refractivity contribution in [3.05, 3.63) is 102 Å². The second-order valence-electron chi connectivity index (χ2n) is 6.48. The van der Waals surface area contributed by atoms with Crippen molar-refractivity contribution in [3.8, 4) is 0 Å². The Bertz CT molecular complexity index is 1420. The minimum Gasteiger partial charge on any atom is -0.436 e. The van der Waals surface area contributed by atoms with E-state index in [1.54, 1.807) is 42.5 Å². The zero-order valence-electron chi connectivity index (χ0n) is 15.9. The predicted octanol–water partition coefficient (Wildman–Crippen LogP) is 3.62. The van der Waals surface area contributed by atoms with Gasteiger partial charge in [0.05, 0.1) is 4.90 Å². The molecule has 0 fully saturated rings. The molecule has 0 radical (unpaired) electrons. The third-order valence-corrected chi connectivity index (χ3v) is 5.55. The molecule has 0 spiro atoms. The van der Waals surface area contributed by atoms with Gasteiger partial charge in [-0.3, -0.25) is 4.79 Å². The van der Waals surface area contributed by atoms with Crippen LogP contribution in [-0.2, 0) is 10.0 Å². The van der Waals surface area contributed by atoms with Crippen molar-refractivity contribution in [2.75, 3.05) is 5.32 Å². The van der Waals surface area contributed by atoms with Crippen molar-refractivity contribution in [1.82, 2.24) is 4.83 Å². The van der Waals surface area contributed by atoms with E-state index >= 15 is 0 Å². The van der Waals surface area contributed by atoms with Gasteiger partial charge in [0.1, 0.15) is 17.0 Å². The van der Waals surface area contributed by atoms with Crippen molar-refractivity contribution in [3.63, 3.8) is 0 Å². The van der Waals surface area contributed by atoms with Gasteiger partial charge in [-0.15, -0.1) is 5.10 Å². The van der Waals surface area contributed by atoms with Crippen molar-refractivity contribution < 1.29 is 22.0 Å². The van der Waals surface area contributed by atoms with E-state index in [0.29, 0.717) is 16.7 Å². The zero-order chi connectivity index (χ0) is 21.8. The number of halogens is 1. The van der Waals surface area contributed by atoms with E-state index in [2.05, 4.69) is 15.2 Å². The van der Waals surface area contributed by atoms with E-state index in [0.717, 1.165) is 0 Å². The number of sulfonamides is 1. The summed E-state index contributed by atoms with van der Waals surface area (Å²) < 4.78 is 43.8. The first-order chi connectivity index (χ1) is 14.9. The number of amides is 1. The molecule has 0 atom stereocenters. The topological polar surface area (TPSA) is 101 Å². The van der Waals surface area contributed by atoms with Gasteiger partial charge in [0.2, 0.25) is 5.55 Å². The number of carbonyl (C=O) groups excluding carboxylic acids is 1. The molecule has 156 valence electrons. The molecule has 1 amide bonds. The summed E-state index contributed by atoms with van der Waals surface area (Å²) in [5, 5.41) is 7.09. The molecule has 2 N–H and O–H groups in total. The number of nitrogens with zero attached hydrogens (tertiary/aromatic N) is 1. The van der Waals surface area contributed by atoms with Crippen molar-refractivity contribution in [1.29, 1.82) is 0 Å². The average Bonchev–Trinajstić information content (AvgIpc) is 2.79. The number of nitrogens with one attached hydrogen (secondary N) is 2. The summed E-state index contributed by atoms with van der Waals surface area (Å²) in [5.74, 6) is -1.04. The first-order valence-corrected chi connectivity index (χ1v) is 10.6. The van der Waals surface area contributed by atoms with Crippen LogP contribution in [0.3, 0.4) is 0 Å². The van der Waals surface area contributed by atoms with Crippen LogP contribution in [0.25, 0.3) is 11.0 Å². The van der Waals surface area contributed by atoms with Crippen LogP contribution in [0.5, 0.6) is 0 Å². The number of benzene rings is 3. The summed E-state index contributed by atoms with van der Waals surface area (Å²) in [5.41, 5.74) is 0.547. The van der Waals surface area contributed by atoms with Crippen LogP contribution in [-0.4, -0.2) is 14.3 Å². The van der Waals surface area contributed by atoms with Crippen LogP contribution < -0.4 is 15.7 Å². The molecule has 7 nitrogen and oxygen atoms in total. The number of rotatable bonds is 5. The summed E-state index contributed by atoms with van der Waals surface area (Å²) in [6, 6.07) is 21.4. The summed E-state index contributed by atoms with van der Waals surface area (Å²) >= 11 is 0. The largest absolute Gasteiger partial charge is 0.436 e. The van der Waals surface area contributed by atoms with E-state index < -0.39 is 21.7 Å². The third kappa shape index (κ3) is 4.62. The molecule has 4 aromatic rings. The molecule has 31 heavy (non-hydrogen) atoms. The van der Waals surface area contributed by atoms with Crippen LogP contribution in [0.15, 0.2) is 99.3 Å². The minimum absolute atomic E-state index is 0.00112. The molecule has 0 aliphatic rings. The van der Waals surface area contributed by atoms with E-state index in [4.69, 9.17) is 4.42 Å². The summed E-state index contributed by atoms with van der Waals surface area (Å²) in [6.45, 7) is 0. The molecule has 1 aromatic heterocycles. The maximum Gasteiger partial charge on any atom is 0.276 e. The molecular formula is C22H16FN3O4S. The molecule has 0 unspecified atom stereocenters. The highest BCUT2D eigenvalue weighted by Gasteiger charge is 2.16. The SMILES string of the molecule is O=C(Nc1ccc(F)cc1)c1cc2ccccc2o/c1=N\NS(=O)(=O)c1ccccc1. The molecule has 0 saturated heterocycles. The number of anilines is 1. The lowest BCUT2D eigenvalue weighted by Gasteiger charge is -2.07. The Morgan fingerprint density at radius 1 is 0.903 bits per heavy atom. The lowest BCUT2D eigenvalue weighted by Crippen LogP contribution is -2.27. The zero-order valence-corrected chi connectivity index (χ0v) is 16.8. The number of carbonyl (C=O) groups is 1. The molecule has 1 heterocycles. The smallest absolute Gasteiger partial charge is 0.276 e. The van der Waals surface area contributed by atoms with E-state index in [-0.39, 0.29) is 16.0 Å². The Balaban J connectivity index is 1.75. The highest BCUT2D eigenvalue weighted by atomic mass is 32.2. The molecule has 4 rings (SSSR count). The van der Waals surface area contributed by atoms with E-state index in [1.807, 2.05) is 0 Å². The van der Waals surface area contributed by atoms with Gasteiger partial charge < -0.3 is 9.73 Å². The number of hydrogen-bond acceptors (Lipinski definition) is 5. The molecule has 0 bridgehead atoms. The van der Waals surface area contributed by atoms with Gasteiger partial charge >= 0.3 is 0 Å². The minimum atomic E-state index is -3.97. The number of fused-ring (bicyclic) bond motifs is 1. The van der Waals surface area contributed by atoms with Gasteiger partial charge in [-0.05, 0) is 48.5 Å². The first-order valence-electron chi connectivity index (χ1n) is 9.13. The van der Waals surface area contributed by atoms with Crippen LogP contribution >= 0.6 is 0 Å². The molecule has 3 aromatic carbocycles. The standard InChI is InChI=1S/C22H16FN3O4S/c23-16-10-12-17(13-11-16)24-21(27)19-14-15-6-4-5-9-20(15)30-22(19)25-26-31(28,29)18-7-2-1-3-8-18/h1-14,26H,(H,24,27)/b25-22-. The van der Waals surface area contributed by atoms with Crippen LogP contribution in [0, 0.1) is 5.82 Å². The summed E-state index contributed by atoms with van der Waals surface area (Å²) in [7, 11) is -3.97. The normalized spacial score (nSPS) is 12.0. The van der Waals surface area contributed by atoms with Gasteiger partial charge in [0.15, 0.2) is 0 Å². The Hall–Kier alpha value is -3.98. The molecular weight excluding hydrogens is 421 g/mol. The van der Waals surface area contributed by atoms with Gasteiger partial charge in [-0.1, -0.05) is 36.4 Å². The predicted molar refractivity (Wildman–Crippen MR) is 113 cm³/mol. The van der Waals surface area contributed by atoms with Gasteiger partial charge in [0, 0.05) is 11.1 Å². The fourth-order valence-corrected chi connectivity index (χ4v) is 3.62. The second kappa shape index (κ2) is 8.41. The van der Waals surface area contributed by atoms with Crippen LogP contribution in [0.2, 0.25) is 0 Å². The number of hydrogen-bond donors (Lipinski definition) is 2. The average molecular weight is 437 g/mol. The maximum atomic E-state index is 13.1. The molecule has 0 aliphatic heterocycles. The lowest BCUT2D eigenvalue weighted by molar-refractivity contribution is 0.102. The Labute approximate surface area is 176 Å². The van der Waals surface area contributed by atoms with Crippen molar-refractivity contribution in [2.45, 2.75) is 4.90 Å². The van der Waals surface area contributed by atoms with E-state index in [9.17, 15) is 17.6 Å². The quantitative estimate of drug-likeness (QED) is 0.466. The van der Waals surface area contributed by atoms with Crippen LogP contribution in [0.1, 0.15) is 10.4 Å². The van der Waals surface area contributed by atoms with Crippen molar-refractivity contribution in [2.24, 2.45) is 5.10 Å². The fourth-order valence-electron chi connectivity index (χ4n) is 2.80. The summed E-state index contributed by atoms with van der Waals surface area (Å²) in [4.78, 5) is 15.0. The number of para-hydroxylation sites is 1. The highest BCUT2D eigenvalue weighted by Crippen LogP contribution is 2.15. The third-order valence-electron chi connectivity index (χ3n) is 4.32. The molecule has 9 heteroatoms. The Kier molecular flexibility index (Phi) is 5.50. The van der Waals surface area contributed by atoms with Crippen molar-refractivity contribution >= 4 is 32.6 Å². The second-order valence-corrected chi connectivity index (χ2v) is 8.14. The monoisotopic (exact) mass is 437 g/mol. The lowest BCUT2D eigenvalue weighted by atomic mass is 10.1. The Morgan fingerprint density at radius 3 is 2.32 bits per heavy atom. The van der Waals surface area contributed by atoms with E-state index in [1.165, 1.54) is 42.5 Å². The van der Waals surface area contributed by atoms with Crippen LogP contribution in [0.4, 0.5) is 10.1 Å². The van der Waals surface area contributed by atoms with Gasteiger partial charge in [0.25, 0.3) is 15.9 Å². The Morgan fingerprint density at radius 2 is 1.58 bits per heavy atom. The maximum absolute atomic E-state index is 13.1. The first kappa shape index (κ1) is 20.3. The molecule has 0 saturated carbocycles. The molecule has 0 aliphatic carbocycles.